The number of alkyl halides is 2. The molecule has 1 rings (SSSR count). The molecule has 3 nitrogen and oxygen atoms in total. The van der Waals surface area contributed by atoms with E-state index in [1.54, 1.807) is 0 Å². The molecular formula is C11H13F2O3. The molecule has 1 radical (unpaired) electrons. The van der Waals surface area contributed by atoms with Crippen LogP contribution in [0.5, 0.6) is 11.5 Å². The fourth-order valence-corrected chi connectivity index (χ4v) is 1.14. The summed E-state index contributed by atoms with van der Waals surface area (Å²) in [6, 6.07) is 4.19. The van der Waals surface area contributed by atoms with E-state index in [0.717, 1.165) is 13.0 Å². The lowest BCUT2D eigenvalue weighted by Gasteiger charge is -2.10. The summed E-state index contributed by atoms with van der Waals surface area (Å²) >= 11 is 0. The number of halogens is 2. The zero-order valence-corrected chi connectivity index (χ0v) is 8.82. The standard InChI is InChI=1S/C11H13F2O3/c1-2-3-15-9-4-8(7-14)5-10(6-9)16-11(12)13/h4-7,11,14H,2-3H2,1H3. The Morgan fingerprint density at radius 3 is 2.56 bits per heavy atom. The molecule has 1 N–H and O–H groups in total. The van der Waals surface area contributed by atoms with E-state index in [1.807, 2.05) is 6.92 Å². The number of aliphatic hydroxyl groups excluding tert-OH is 1. The van der Waals surface area contributed by atoms with Crippen LogP contribution in [0.2, 0.25) is 0 Å². The first kappa shape index (κ1) is 12.7. The Bertz CT molecular complexity index is 329. The zero-order chi connectivity index (χ0) is 12.0. The molecule has 1 aromatic carbocycles. The lowest BCUT2D eigenvalue weighted by molar-refractivity contribution is -0.0499. The molecule has 0 spiro atoms. The van der Waals surface area contributed by atoms with Crippen molar-refractivity contribution in [3.05, 3.63) is 30.4 Å². The third-order valence-corrected chi connectivity index (χ3v) is 1.75. The number of benzene rings is 1. The zero-order valence-electron chi connectivity index (χ0n) is 8.82. The minimum atomic E-state index is -2.90. The van der Waals surface area contributed by atoms with Gasteiger partial charge in [0, 0.05) is 6.07 Å². The molecule has 0 aliphatic rings. The molecule has 0 atom stereocenters. The maximum Gasteiger partial charge on any atom is 0.387 e. The molecule has 0 unspecified atom stereocenters. The Hall–Kier alpha value is -1.36. The van der Waals surface area contributed by atoms with E-state index in [-0.39, 0.29) is 5.75 Å². The van der Waals surface area contributed by atoms with E-state index < -0.39 is 6.61 Å². The third kappa shape index (κ3) is 4.02. The maximum absolute atomic E-state index is 12.0. The van der Waals surface area contributed by atoms with Crippen LogP contribution in [0.3, 0.4) is 0 Å². The monoisotopic (exact) mass is 231 g/mol. The lowest BCUT2D eigenvalue weighted by Crippen LogP contribution is -2.03. The van der Waals surface area contributed by atoms with Crippen LogP contribution in [0.1, 0.15) is 18.9 Å². The van der Waals surface area contributed by atoms with Gasteiger partial charge >= 0.3 is 6.61 Å². The molecule has 0 heterocycles. The second-order valence-corrected chi connectivity index (χ2v) is 3.09. The molecule has 0 fully saturated rings. The van der Waals surface area contributed by atoms with Gasteiger partial charge in [0.05, 0.1) is 6.61 Å². The van der Waals surface area contributed by atoms with Crippen LogP contribution < -0.4 is 9.47 Å². The van der Waals surface area contributed by atoms with Crippen molar-refractivity contribution >= 4 is 0 Å². The summed E-state index contributed by atoms with van der Waals surface area (Å²) in [5.41, 5.74) is 0.351. The Morgan fingerprint density at radius 1 is 1.31 bits per heavy atom. The number of rotatable bonds is 6. The molecule has 0 bridgehead atoms. The first-order valence-corrected chi connectivity index (χ1v) is 4.86. The van der Waals surface area contributed by atoms with Crippen molar-refractivity contribution in [1.29, 1.82) is 0 Å². The predicted octanol–water partition coefficient (Wildman–Crippen LogP) is 2.96. The van der Waals surface area contributed by atoms with Gasteiger partial charge in [-0.05, 0) is 24.1 Å². The highest BCUT2D eigenvalue weighted by Gasteiger charge is 2.07. The van der Waals surface area contributed by atoms with Gasteiger partial charge in [0.2, 0.25) is 0 Å². The first-order valence-electron chi connectivity index (χ1n) is 4.86. The summed E-state index contributed by atoms with van der Waals surface area (Å²) in [6.07, 6.45) is 0.804. The van der Waals surface area contributed by atoms with E-state index in [4.69, 9.17) is 9.84 Å². The summed E-state index contributed by atoms with van der Waals surface area (Å²) in [5.74, 6) is 0.351. The molecular weight excluding hydrogens is 218 g/mol. The van der Waals surface area contributed by atoms with Crippen molar-refractivity contribution < 1.29 is 23.4 Å². The average molecular weight is 231 g/mol. The van der Waals surface area contributed by atoms with E-state index in [9.17, 15) is 8.78 Å². The van der Waals surface area contributed by atoms with Crippen LogP contribution in [-0.4, -0.2) is 18.3 Å². The van der Waals surface area contributed by atoms with Gasteiger partial charge in [0.15, 0.2) is 0 Å². The quantitative estimate of drug-likeness (QED) is 0.818. The predicted molar refractivity (Wildman–Crippen MR) is 54.2 cm³/mol. The van der Waals surface area contributed by atoms with Gasteiger partial charge in [-0.2, -0.15) is 8.78 Å². The van der Waals surface area contributed by atoms with Crippen LogP contribution in [-0.2, 0) is 0 Å². The minimum Gasteiger partial charge on any atom is -0.493 e. The summed E-state index contributed by atoms with van der Waals surface area (Å²) in [7, 11) is 0. The van der Waals surface area contributed by atoms with Crippen molar-refractivity contribution in [1.82, 2.24) is 0 Å². The van der Waals surface area contributed by atoms with E-state index in [0.29, 0.717) is 17.9 Å². The van der Waals surface area contributed by atoms with Crippen LogP contribution in [0.4, 0.5) is 8.78 Å². The number of hydrogen-bond acceptors (Lipinski definition) is 3. The third-order valence-electron chi connectivity index (χ3n) is 1.75. The highest BCUT2D eigenvalue weighted by Crippen LogP contribution is 2.25. The molecule has 5 heteroatoms. The van der Waals surface area contributed by atoms with Crippen molar-refractivity contribution in [2.45, 2.75) is 20.0 Å². The lowest BCUT2D eigenvalue weighted by atomic mass is 10.2. The van der Waals surface area contributed by atoms with Crippen LogP contribution in [0.25, 0.3) is 0 Å². The molecule has 1 aromatic rings. The summed E-state index contributed by atoms with van der Waals surface area (Å²) in [4.78, 5) is 0. The Labute approximate surface area is 92.6 Å². The molecule has 0 aromatic heterocycles. The highest BCUT2D eigenvalue weighted by atomic mass is 19.3. The molecule has 89 valence electrons. The highest BCUT2D eigenvalue weighted by molar-refractivity contribution is 5.40. The van der Waals surface area contributed by atoms with Gasteiger partial charge in [-0.1, -0.05) is 6.92 Å². The van der Waals surface area contributed by atoms with Gasteiger partial charge in [-0.3, -0.25) is 0 Å². The molecule has 0 saturated carbocycles. The van der Waals surface area contributed by atoms with Gasteiger partial charge in [-0.15, -0.1) is 0 Å². The number of aliphatic hydroxyl groups is 1. The van der Waals surface area contributed by atoms with Crippen molar-refractivity contribution in [3.8, 4) is 11.5 Å². The van der Waals surface area contributed by atoms with Crippen LogP contribution in [0, 0.1) is 6.61 Å². The fourth-order valence-electron chi connectivity index (χ4n) is 1.14. The van der Waals surface area contributed by atoms with Gasteiger partial charge in [-0.25, -0.2) is 0 Å². The van der Waals surface area contributed by atoms with Crippen molar-refractivity contribution in [2.24, 2.45) is 0 Å². The molecule has 0 aliphatic carbocycles. The summed E-state index contributed by atoms with van der Waals surface area (Å²) in [5, 5.41) is 8.82. The van der Waals surface area contributed by atoms with Gasteiger partial charge in [0.1, 0.15) is 18.1 Å². The van der Waals surface area contributed by atoms with Crippen LogP contribution in [0.15, 0.2) is 18.2 Å². The van der Waals surface area contributed by atoms with Crippen molar-refractivity contribution in [2.75, 3.05) is 6.61 Å². The number of ether oxygens (including phenoxy) is 2. The maximum atomic E-state index is 12.0. The molecule has 0 aliphatic heterocycles. The van der Waals surface area contributed by atoms with E-state index >= 15 is 0 Å². The Morgan fingerprint density at radius 2 is 2.00 bits per heavy atom. The molecule has 16 heavy (non-hydrogen) atoms. The molecule has 0 amide bonds. The average Bonchev–Trinajstić information content (AvgIpc) is 2.25. The Kier molecular flexibility index (Phi) is 4.98. The molecule has 0 saturated heterocycles. The SMILES string of the molecule is CCCOc1cc([CH]O)cc(OC(F)F)c1. The minimum absolute atomic E-state index is 0.0381. The van der Waals surface area contributed by atoms with Crippen LogP contribution >= 0.6 is 0 Å². The first-order chi connectivity index (χ1) is 7.65. The van der Waals surface area contributed by atoms with Gasteiger partial charge < -0.3 is 14.6 Å². The Balaban J connectivity index is 2.82. The summed E-state index contributed by atoms with van der Waals surface area (Å²) < 4.78 is 33.5. The second kappa shape index (κ2) is 6.27. The van der Waals surface area contributed by atoms with E-state index in [2.05, 4.69) is 4.74 Å². The summed E-state index contributed by atoms with van der Waals surface area (Å²) in [6.45, 7) is 0.312. The fraction of sp³-hybridized carbons (Fsp3) is 0.364. The normalized spacial score (nSPS) is 10.6. The topological polar surface area (TPSA) is 38.7 Å². The van der Waals surface area contributed by atoms with Crippen molar-refractivity contribution in [3.63, 3.8) is 0 Å². The van der Waals surface area contributed by atoms with E-state index in [1.165, 1.54) is 18.2 Å². The smallest absolute Gasteiger partial charge is 0.387 e. The largest absolute Gasteiger partial charge is 0.493 e. The number of hydrogen-bond donors (Lipinski definition) is 1. The second-order valence-electron chi connectivity index (χ2n) is 3.09. The van der Waals surface area contributed by atoms with Gasteiger partial charge in [0.25, 0.3) is 0 Å².